The van der Waals surface area contributed by atoms with Gasteiger partial charge < -0.3 is 9.16 Å². The third kappa shape index (κ3) is 6.35. The molecule has 0 radical (unpaired) electrons. The molecule has 0 amide bonds. The van der Waals surface area contributed by atoms with Crippen LogP contribution < -0.4 is 4.74 Å². The van der Waals surface area contributed by atoms with Crippen LogP contribution >= 0.6 is 0 Å². The van der Waals surface area contributed by atoms with Crippen LogP contribution in [0.3, 0.4) is 0 Å². The van der Waals surface area contributed by atoms with Gasteiger partial charge in [-0.05, 0) is 51.0 Å². The molecule has 0 saturated carbocycles. The molecule has 1 unspecified atom stereocenters. The smallest absolute Gasteiger partial charge is 0.192 e. The third-order valence-electron chi connectivity index (χ3n) is 4.50. The molecule has 1 atom stereocenters. The van der Waals surface area contributed by atoms with E-state index in [2.05, 4.69) is 38.3 Å². The minimum atomic E-state index is -1.93. The van der Waals surface area contributed by atoms with Crippen molar-refractivity contribution in [2.75, 3.05) is 13.7 Å². The van der Waals surface area contributed by atoms with Crippen LogP contribution in [-0.2, 0) is 15.4 Å². The molecule has 0 aliphatic heterocycles. The van der Waals surface area contributed by atoms with Crippen molar-refractivity contribution in [3.63, 3.8) is 0 Å². The van der Waals surface area contributed by atoms with Gasteiger partial charge in [-0.2, -0.15) is 4.40 Å². The zero-order chi connectivity index (χ0) is 19.5. The molecular formula is C19H33NO3SSi. The van der Waals surface area contributed by atoms with E-state index in [0.717, 1.165) is 11.3 Å². The molecule has 1 rings (SSSR count). The van der Waals surface area contributed by atoms with E-state index in [4.69, 9.17) is 9.16 Å². The van der Waals surface area contributed by atoms with Crippen molar-refractivity contribution in [3.05, 3.63) is 29.8 Å². The molecule has 0 aliphatic rings. The second kappa shape index (κ2) is 8.14. The molecule has 6 heteroatoms. The molecule has 1 aromatic carbocycles. The largest absolute Gasteiger partial charge is 0.497 e. The Kier molecular flexibility index (Phi) is 7.18. The molecule has 0 saturated heterocycles. The van der Waals surface area contributed by atoms with Crippen molar-refractivity contribution in [1.82, 2.24) is 0 Å². The van der Waals surface area contributed by atoms with Crippen LogP contribution in [0, 0.1) is 0 Å². The Labute approximate surface area is 156 Å². The maximum Gasteiger partial charge on any atom is 0.192 e. The van der Waals surface area contributed by atoms with E-state index in [1.165, 1.54) is 0 Å². The third-order valence-corrected chi connectivity index (χ3v) is 10.4. The molecule has 25 heavy (non-hydrogen) atoms. The molecule has 0 aromatic heterocycles. The van der Waals surface area contributed by atoms with Gasteiger partial charge in [0.15, 0.2) is 8.32 Å². The van der Waals surface area contributed by atoms with Gasteiger partial charge in [-0.3, -0.25) is 0 Å². The summed E-state index contributed by atoms with van der Waals surface area (Å²) in [6.45, 7) is 17.1. The minimum absolute atomic E-state index is 0.107. The van der Waals surface area contributed by atoms with Crippen molar-refractivity contribution in [3.8, 4) is 5.75 Å². The van der Waals surface area contributed by atoms with Crippen LogP contribution in [-0.4, -0.2) is 36.7 Å². The lowest BCUT2D eigenvalue weighted by atomic mass is 10.1. The Morgan fingerprint density at radius 2 is 1.76 bits per heavy atom. The van der Waals surface area contributed by atoms with E-state index in [9.17, 15) is 4.21 Å². The number of rotatable bonds is 6. The number of methoxy groups -OCH3 is 1. The second-order valence-electron chi connectivity index (χ2n) is 8.68. The van der Waals surface area contributed by atoms with Gasteiger partial charge in [0.2, 0.25) is 0 Å². The van der Waals surface area contributed by atoms with Crippen molar-refractivity contribution >= 4 is 25.0 Å². The number of hydrogen-bond acceptors (Lipinski definition) is 3. The van der Waals surface area contributed by atoms with Gasteiger partial charge in [0, 0.05) is 5.56 Å². The highest BCUT2D eigenvalue weighted by Crippen LogP contribution is 2.36. The monoisotopic (exact) mass is 383 g/mol. The van der Waals surface area contributed by atoms with Crippen molar-refractivity contribution in [1.29, 1.82) is 0 Å². The number of ether oxygens (including phenoxy) is 1. The zero-order valence-corrected chi connectivity index (χ0v) is 18.9. The maximum absolute atomic E-state index is 12.6. The summed E-state index contributed by atoms with van der Waals surface area (Å²) in [6, 6.07) is 7.66. The first kappa shape index (κ1) is 22.1. The van der Waals surface area contributed by atoms with Crippen molar-refractivity contribution < 1.29 is 13.4 Å². The summed E-state index contributed by atoms with van der Waals surface area (Å²) in [7, 11) is -1.64. The van der Waals surface area contributed by atoms with E-state index in [1.54, 1.807) is 7.11 Å². The summed E-state index contributed by atoms with van der Waals surface area (Å²) in [5.74, 6) is 0.749. The van der Waals surface area contributed by atoms with Gasteiger partial charge in [-0.15, -0.1) is 0 Å². The normalized spacial score (nSPS) is 15.2. The Balaban J connectivity index is 3.20. The summed E-state index contributed by atoms with van der Waals surface area (Å²) in [5, 5.41) is 0.107. The van der Waals surface area contributed by atoms with Crippen molar-refractivity contribution in [2.24, 2.45) is 4.40 Å². The molecule has 0 spiro atoms. The Morgan fingerprint density at radius 3 is 2.24 bits per heavy atom. The molecule has 0 fully saturated rings. The molecule has 1 aromatic rings. The molecule has 4 nitrogen and oxygen atoms in total. The predicted octanol–water partition coefficient (Wildman–Crippen LogP) is 4.97. The Morgan fingerprint density at radius 1 is 1.16 bits per heavy atom. The van der Waals surface area contributed by atoms with Crippen LogP contribution in [0.1, 0.15) is 47.1 Å². The predicted molar refractivity (Wildman–Crippen MR) is 111 cm³/mol. The average Bonchev–Trinajstić information content (AvgIpc) is 2.49. The van der Waals surface area contributed by atoms with Gasteiger partial charge in [-0.25, -0.2) is 4.21 Å². The van der Waals surface area contributed by atoms with Crippen LogP contribution in [0.4, 0.5) is 0 Å². The first-order valence-corrected chi connectivity index (χ1v) is 12.6. The number of benzene rings is 1. The lowest BCUT2D eigenvalue weighted by Gasteiger charge is -2.36. The molecule has 142 valence electrons. The quantitative estimate of drug-likeness (QED) is 0.515. The minimum Gasteiger partial charge on any atom is -0.497 e. The summed E-state index contributed by atoms with van der Waals surface area (Å²) < 4.78 is 28.3. The molecule has 0 bridgehead atoms. The van der Waals surface area contributed by atoms with Crippen LogP contribution in [0.5, 0.6) is 5.75 Å². The van der Waals surface area contributed by atoms with Gasteiger partial charge >= 0.3 is 0 Å². The van der Waals surface area contributed by atoms with E-state index >= 15 is 0 Å². The van der Waals surface area contributed by atoms with E-state index in [0.29, 0.717) is 12.3 Å². The van der Waals surface area contributed by atoms with Crippen LogP contribution in [0.25, 0.3) is 0 Å². The maximum atomic E-state index is 12.6. The molecular weight excluding hydrogens is 350 g/mol. The van der Waals surface area contributed by atoms with Gasteiger partial charge in [0.05, 0.1) is 24.2 Å². The summed E-state index contributed by atoms with van der Waals surface area (Å²) in [4.78, 5) is 0. The lowest BCUT2D eigenvalue weighted by molar-refractivity contribution is 0.340. The summed E-state index contributed by atoms with van der Waals surface area (Å²) in [6.07, 6.45) is 0. The SMILES string of the molecule is COc1cccc(/C(CO[Si](C)(C)C(C)(C)C)=N/S(=O)C(C)(C)C)c1. The first-order chi connectivity index (χ1) is 11.3. The molecule has 0 aliphatic carbocycles. The highest BCUT2D eigenvalue weighted by atomic mass is 32.2. The van der Waals surface area contributed by atoms with Gasteiger partial charge in [0.25, 0.3) is 0 Å². The van der Waals surface area contributed by atoms with Crippen LogP contribution in [0.2, 0.25) is 18.1 Å². The fourth-order valence-electron chi connectivity index (χ4n) is 1.67. The van der Waals surface area contributed by atoms with Crippen molar-refractivity contribution in [2.45, 2.75) is 64.4 Å². The standard InChI is InChI=1S/C19H33NO3SSi/c1-18(2,3)24(21)20-17(14-23-25(8,9)19(4,5)6)15-11-10-12-16(13-15)22-7/h10-13H,14H2,1-9H3/b20-17+. The fourth-order valence-corrected chi connectivity index (χ4v) is 3.23. The first-order valence-electron chi connectivity index (χ1n) is 8.56. The number of hydrogen-bond donors (Lipinski definition) is 0. The average molecular weight is 384 g/mol. The number of nitrogens with zero attached hydrogens (tertiary/aromatic N) is 1. The Hall–Kier alpha value is -0.983. The summed E-state index contributed by atoms with van der Waals surface area (Å²) >= 11 is 0. The molecule has 0 heterocycles. The van der Waals surface area contributed by atoms with Gasteiger partial charge in [-0.1, -0.05) is 32.9 Å². The second-order valence-corrected chi connectivity index (χ2v) is 15.4. The zero-order valence-electron chi connectivity index (χ0n) is 17.1. The highest BCUT2D eigenvalue weighted by Gasteiger charge is 2.37. The fraction of sp³-hybridized carbons (Fsp3) is 0.632. The molecule has 0 N–H and O–H groups in total. The van der Waals surface area contributed by atoms with E-state index in [1.807, 2.05) is 45.0 Å². The lowest BCUT2D eigenvalue weighted by Crippen LogP contribution is -2.42. The topological polar surface area (TPSA) is 47.9 Å². The van der Waals surface area contributed by atoms with Crippen LogP contribution in [0.15, 0.2) is 28.7 Å². The van der Waals surface area contributed by atoms with E-state index in [-0.39, 0.29) is 5.04 Å². The van der Waals surface area contributed by atoms with Gasteiger partial charge in [0.1, 0.15) is 16.7 Å². The highest BCUT2D eigenvalue weighted by molar-refractivity contribution is 7.85. The van der Waals surface area contributed by atoms with E-state index < -0.39 is 24.1 Å². The summed E-state index contributed by atoms with van der Waals surface area (Å²) in [5.41, 5.74) is 1.59. The Bertz CT molecular complexity index is 643.